The molecule has 4 heteroatoms. The van der Waals surface area contributed by atoms with Crippen LogP contribution in [0.15, 0.2) is 60.8 Å². The number of aromatic nitrogens is 1. The Labute approximate surface area is 140 Å². The first-order chi connectivity index (χ1) is 11.2. The van der Waals surface area contributed by atoms with Crippen molar-refractivity contribution < 1.29 is 4.79 Å². The van der Waals surface area contributed by atoms with Crippen LogP contribution in [0.1, 0.15) is 31.4 Å². The van der Waals surface area contributed by atoms with Crippen LogP contribution in [0.25, 0.3) is 0 Å². The first-order valence-corrected chi connectivity index (χ1v) is 8.35. The number of benzene rings is 2. The lowest BCUT2D eigenvalue weighted by molar-refractivity contribution is 0.0951. The van der Waals surface area contributed by atoms with Gasteiger partial charge in [-0.25, -0.2) is 4.98 Å². The molecule has 0 unspecified atom stereocenters. The highest BCUT2D eigenvalue weighted by Gasteiger charge is 2.07. The molecule has 1 heterocycles. The summed E-state index contributed by atoms with van der Waals surface area (Å²) in [6.07, 6.45) is 2.77. The molecule has 0 fully saturated rings. The van der Waals surface area contributed by atoms with E-state index in [2.05, 4.69) is 22.4 Å². The Balaban J connectivity index is 1.57. The number of amides is 1. The van der Waals surface area contributed by atoms with Crippen molar-refractivity contribution in [1.29, 1.82) is 0 Å². The quantitative estimate of drug-likeness (QED) is 0.772. The lowest BCUT2D eigenvalue weighted by Crippen LogP contribution is -2.22. The Morgan fingerprint density at radius 1 is 1.09 bits per heavy atom. The minimum atomic E-state index is -0.0650. The number of hydrogen-bond acceptors (Lipinski definition) is 3. The summed E-state index contributed by atoms with van der Waals surface area (Å²) < 4.78 is 0. The van der Waals surface area contributed by atoms with Crippen molar-refractivity contribution in [2.75, 3.05) is 0 Å². The van der Waals surface area contributed by atoms with Crippen molar-refractivity contribution in [2.45, 2.75) is 19.9 Å². The molecule has 23 heavy (non-hydrogen) atoms. The minimum Gasteiger partial charge on any atom is -0.346 e. The van der Waals surface area contributed by atoms with Crippen molar-refractivity contribution in [3.8, 4) is 0 Å². The second-order valence-corrected chi connectivity index (χ2v) is 6.63. The van der Waals surface area contributed by atoms with Gasteiger partial charge in [-0.3, -0.25) is 4.79 Å². The maximum Gasteiger partial charge on any atom is 0.251 e. The van der Waals surface area contributed by atoms with Gasteiger partial charge in [-0.2, -0.15) is 0 Å². The van der Waals surface area contributed by atoms with Gasteiger partial charge in [0.2, 0.25) is 0 Å². The minimum absolute atomic E-state index is 0.0650. The van der Waals surface area contributed by atoms with Crippen LogP contribution < -0.4 is 5.32 Å². The number of aryl methyl sites for hydroxylation is 1. The molecule has 0 saturated heterocycles. The van der Waals surface area contributed by atoms with Gasteiger partial charge in [-0.15, -0.1) is 11.3 Å². The molecule has 3 rings (SSSR count). The van der Waals surface area contributed by atoms with Crippen molar-refractivity contribution in [1.82, 2.24) is 10.3 Å². The summed E-state index contributed by atoms with van der Waals surface area (Å²) in [6, 6.07) is 17.9. The summed E-state index contributed by atoms with van der Waals surface area (Å²) in [5.41, 5.74) is 3.09. The third-order valence-electron chi connectivity index (χ3n) is 3.54. The van der Waals surface area contributed by atoms with Crippen molar-refractivity contribution in [2.24, 2.45) is 0 Å². The van der Waals surface area contributed by atoms with Crippen molar-refractivity contribution in [3.63, 3.8) is 0 Å². The van der Waals surface area contributed by atoms with Gasteiger partial charge in [0.15, 0.2) is 0 Å². The van der Waals surface area contributed by atoms with Gasteiger partial charge in [0.05, 0.1) is 6.54 Å². The second kappa shape index (κ2) is 7.20. The van der Waals surface area contributed by atoms with Crippen LogP contribution in [0, 0.1) is 6.92 Å². The summed E-state index contributed by atoms with van der Waals surface area (Å²) in [6.45, 7) is 2.47. The molecule has 1 amide bonds. The van der Waals surface area contributed by atoms with E-state index in [9.17, 15) is 4.79 Å². The van der Waals surface area contributed by atoms with E-state index >= 15 is 0 Å². The van der Waals surface area contributed by atoms with E-state index in [0.29, 0.717) is 12.1 Å². The number of carbonyl (C=O) groups is 1. The van der Waals surface area contributed by atoms with Gasteiger partial charge >= 0.3 is 0 Å². The molecule has 3 aromatic rings. The molecule has 1 aromatic heterocycles. The number of rotatable bonds is 5. The van der Waals surface area contributed by atoms with Gasteiger partial charge in [-0.1, -0.05) is 48.0 Å². The Kier molecular flexibility index (Phi) is 4.83. The standard InChI is InChI=1S/C19H18N2OS/c1-14-7-9-16(10-8-14)19(22)21-13-18-20-12-17(23-18)11-15-5-3-2-4-6-15/h2-10,12H,11,13H2,1H3,(H,21,22). The van der Waals surface area contributed by atoms with Gasteiger partial charge in [0.25, 0.3) is 5.91 Å². The Bertz CT molecular complexity index is 779. The Morgan fingerprint density at radius 3 is 2.57 bits per heavy atom. The number of thiazole rings is 1. The van der Waals surface area contributed by atoms with Crippen LogP contribution in [0.3, 0.4) is 0 Å². The average molecular weight is 322 g/mol. The molecule has 0 radical (unpaired) electrons. The van der Waals surface area contributed by atoms with Crippen LogP contribution in [0.5, 0.6) is 0 Å². The molecule has 0 aliphatic rings. The fourth-order valence-electron chi connectivity index (χ4n) is 2.27. The maximum atomic E-state index is 12.1. The number of nitrogens with zero attached hydrogens (tertiary/aromatic N) is 1. The van der Waals surface area contributed by atoms with E-state index < -0.39 is 0 Å². The maximum absolute atomic E-state index is 12.1. The SMILES string of the molecule is Cc1ccc(C(=O)NCc2ncc(Cc3ccccc3)s2)cc1. The number of nitrogens with one attached hydrogen (secondary N) is 1. The molecule has 1 N–H and O–H groups in total. The van der Waals surface area contributed by atoms with E-state index in [0.717, 1.165) is 17.0 Å². The molecule has 0 saturated carbocycles. The topological polar surface area (TPSA) is 42.0 Å². The lowest BCUT2D eigenvalue weighted by Gasteiger charge is -2.03. The highest BCUT2D eigenvalue weighted by Crippen LogP contribution is 2.17. The molecular formula is C19H18N2OS. The Hall–Kier alpha value is -2.46. The Morgan fingerprint density at radius 2 is 1.83 bits per heavy atom. The fraction of sp³-hybridized carbons (Fsp3) is 0.158. The predicted molar refractivity (Wildman–Crippen MR) is 93.7 cm³/mol. The zero-order chi connectivity index (χ0) is 16.1. The predicted octanol–water partition coefficient (Wildman–Crippen LogP) is 3.97. The van der Waals surface area contributed by atoms with Crippen LogP contribution in [-0.4, -0.2) is 10.9 Å². The molecule has 0 spiro atoms. The molecule has 0 bridgehead atoms. The third kappa shape index (κ3) is 4.27. The van der Waals surface area contributed by atoms with Gasteiger partial charge in [0, 0.05) is 23.1 Å². The molecule has 3 nitrogen and oxygen atoms in total. The monoisotopic (exact) mass is 322 g/mol. The molecule has 116 valence electrons. The van der Waals surface area contributed by atoms with E-state index in [1.165, 1.54) is 10.4 Å². The van der Waals surface area contributed by atoms with E-state index in [-0.39, 0.29) is 5.91 Å². The second-order valence-electron chi connectivity index (χ2n) is 5.43. The van der Waals surface area contributed by atoms with Gasteiger partial charge < -0.3 is 5.32 Å². The lowest BCUT2D eigenvalue weighted by atomic mass is 10.1. The average Bonchev–Trinajstić information content (AvgIpc) is 3.02. The van der Waals surface area contributed by atoms with Crippen molar-refractivity contribution in [3.05, 3.63) is 87.4 Å². The zero-order valence-electron chi connectivity index (χ0n) is 13.0. The summed E-state index contributed by atoms with van der Waals surface area (Å²) in [5, 5.41) is 3.85. The molecule has 0 aliphatic heterocycles. The summed E-state index contributed by atoms with van der Waals surface area (Å²) in [5.74, 6) is -0.0650. The first-order valence-electron chi connectivity index (χ1n) is 7.53. The van der Waals surface area contributed by atoms with Crippen molar-refractivity contribution >= 4 is 17.2 Å². The molecule has 0 atom stereocenters. The normalized spacial score (nSPS) is 10.5. The van der Waals surface area contributed by atoms with E-state index in [1.807, 2.05) is 55.6 Å². The van der Waals surface area contributed by atoms with Crippen LogP contribution in [0.4, 0.5) is 0 Å². The molecule has 2 aromatic carbocycles. The third-order valence-corrected chi connectivity index (χ3v) is 4.53. The van der Waals surface area contributed by atoms with Crippen LogP contribution in [0.2, 0.25) is 0 Å². The molecular weight excluding hydrogens is 304 g/mol. The smallest absolute Gasteiger partial charge is 0.251 e. The summed E-state index contributed by atoms with van der Waals surface area (Å²) in [4.78, 5) is 17.7. The largest absolute Gasteiger partial charge is 0.346 e. The van der Waals surface area contributed by atoms with E-state index in [1.54, 1.807) is 11.3 Å². The summed E-state index contributed by atoms with van der Waals surface area (Å²) in [7, 11) is 0. The number of carbonyl (C=O) groups excluding carboxylic acids is 1. The van der Waals surface area contributed by atoms with Gasteiger partial charge in [-0.05, 0) is 24.6 Å². The zero-order valence-corrected chi connectivity index (χ0v) is 13.8. The van der Waals surface area contributed by atoms with E-state index in [4.69, 9.17) is 0 Å². The van der Waals surface area contributed by atoms with Crippen LogP contribution >= 0.6 is 11.3 Å². The highest BCUT2D eigenvalue weighted by molar-refractivity contribution is 7.11. The fourth-order valence-corrected chi connectivity index (χ4v) is 3.17. The first kappa shape index (κ1) is 15.4. The summed E-state index contributed by atoms with van der Waals surface area (Å²) >= 11 is 1.64. The van der Waals surface area contributed by atoms with Gasteiger partial charge in [0.1, 0.15) is 5.01 Å². The molecule has 0 aliphatic carbocycles. The van der Waals surface area contributed by atoms with Crippen LogP contribution in [-0.2, 0) is 13.0 Å². The highest BCUT2D eigenvalue weighted by atomic mass is 32.1. The number of hydrogen-bond donors (Lipinski definition) is 1.